The fourth-order valence-corrected chi connectivity index (χ4v) is 3.19. The second-order valence-electron chi connectivity index (χ2n) is 6.02. The zero-order valence-corrected chi connectivity index (χ0v) is 12.5. The lowest BCUT2D eigenvalue weighted by Gasteiger charge is -2.32. The van der Waals surface area contributed by atoms with Crippen molar-refractivity contribution in [2.24, 2.45) is 0 Å². The van der Waals surface area contributed by atoms with Crippen LogP contribution >= 0.6 is 0 Å². The van der Waals surface area contributed by atoms with Crippen LogP contribution in [0.4, 0.5) is 0 Å². The van der Waals surface area contributed by atoms with Gasteiger partial charge in [0.1, 0.15) is 0 Å². The summed E-state index contributed by atoms with van der Waals surface area (Å²) in [4.78, 5) is 2.39. The van der Waals surface area contributed by atoms with Crippen molar-refractivity contribution in [3.63, 3.8) is 0 Å². The largest absolute Gasteiger partial charge is 0.391 e. The summed E-state index contributed by atoms with van der Waals surface area (Å²) in [7, 11) is 2.18. The van der Waals surface area contributed by atoms with Gasteiger partial charge in [0.15, 0.2) is 0 Å². The van der Waals surface area contributed by atoms with Crippen LogP contribution < -0.4 is 0 Å². The van der Waals surface area contributed by atoms with Crippen molar-refractivity contribution in [2.75, 3.05) is 13.6 Å². The first-order chi connectivity index (χ1) is 8.75. The molecular weight excluding hydrogens is 222 g/mol. The Morgan fingerprint density at radius 1 is 0.889 bits per heavy atom. The lowest BCUT2D eigenvalue weighted by Crippen LogP contribution is -2.41. The normalized spacial score (nSPS) is 28.7. The third-order valence-corrected chi connectivity index (χ3v) is 4.34. The predicted molar refractivity (Wildman–Crippen MR) is 78.9 cm³/mol. The molecule has 1 N–H and O–H groups in total. The predicted octanol–water partition coefficient (Wildman–Crippen LogP) is 3.97. The summed E-state index contributed by atoms with van der Waals surface area (Å²) < 4.78 is 0. The van der Waals surface area contributed by atoms with Crippen LogP contribution in [0.25, 0.3) is 0 Å². The summed E-state index contributed by atoms with van der Waals surface area (Å²) in [5.74, 6) is 0. The van der Waals surface area contributed by atoms with Gasteiger partial charge < -0.3 is 10.0 Å². The number of aliphatic hydroxyl groups excluding tert-OH is 1. The third-order valence-electron chi connectivity index (χ3n) is 4.34. The molecule has 18 heavy (non-hydrogen) atoms. The van der Waals surface area contributed by atoms with Crippen LogP contribution in [0.2, 0.25) is 0 Å². The molecule has 2 heteroatoms. The van der Waals surface area contributed by atoms with Gasteiger partial charge in [-0.05, 0) is 32.9 Å². The van der Waals surface area contributed by atoms with Crippen LogP contribution in [0, 0.1) is 0 Å². The molecular formula is C16H33NO. The zero-order chi connectivity index (χ0) is 13.2. The molecule has 1 aliphatic rings. The quantitative estimate of drug-likeness (QED) is 0.825. The van der Waals surface area contributed by atoms with E-state index in [9.17, 15) is 5.11 Å². The van der Waals surface area contributed by atoms with Crippen molar-refractivity contribution in [3.05, 3.63) is 0 Å². The lowest BCUT2D eigenvalue weighted by molar-refractivity contribution is 0.0485. The van der Waals surface area contributed by atoms with E-state index in [1.54, 1.807) is 0 Å². The Balaban J connectivity index is 2.46. The molecule has 1 aliphatic carbocycles. The third kappa shape index (κ3) is 6.19. The van der Waals surface area contributed by atoms with Crippen LogP contribution in [-0.2, 0) is 0 Å². The highest BCUT2D eigenvalue weighted by atomic mass is 16.3. The van der Waals surface area contributed by atoms with Crippen LogP contribution in [-0.4, -0.2) is 35.7 Å². The van der Waals surface area contributed by atoms with Gasteiger partial charge in [-0.2, -0.15) is 0 Å². The molecule has 0 amide bonds. The average Bonchev–Trinajstić information content (AvgIpc) is 2.34. The van der Waals surface area contributed by atoms with Crippen LogP contribution in [0.1, 0.15) is 77.6 Å². The molecule has 1 saturated carbocycles. The maximum absolute atomic E-state index is 10.4. The number of hydrogen-bond donors (Lipinski definition) is 1. The van der Waals surface area contributed by atoms with Crippen LogP contribution in [0.15, 0.2) is 0 Å². The van der Waals surface area contributed by atoms with Crippen LogP contribution in [0.5, 0.6) is 0 Å². The second kappa shape index (κ2) is 9.80. The molecule has 0 aromatic carbocycles. The molecule has 2 atom stereocenters. The van der Waals surface area contributed by atoms with Crippen molar-refractivity contribution in [2.45, 2.75) is 89.7 Å². The Hall–Kier alpha value is -0.0800. The summed E-state index contributed by atoms with van der Waals surface area (Å²) in [5.41, 5.74) is 0. The number of aliphatic hydroxyl groups is 1. The maximum atomic E-state index is 10.4. The molecule has 0 aromatic heterocycles. The molecule has 0 bridgehead atoms. The van der Waals surface area contributed by atoms with Gasteiger partial charge in [0.2, 0.25) is 0 Å². The van der Waals surface area contributed by atoms with Gasteiger partial charge >= 0.3 is 0 Å². The van der Waals surface area contributed by atoms with E-state index in [2.05, 4.69) is 18.9 Å². The van der Waals surface area contributed by atoms with E-state index in [1.165, 1.54) is 64.2 Å². The van der Waals surface area contributed by atoms with Gasteiger partial charge in [-0.15, -0.1) is 0 Å². The monoisotopic (exact) mass is 255 g/mol. The van der Waals surface area contributed by atoms with E-state index in [-0.39, 0.29) is 6.10 Å². The van der Waals surface area contributed by atoms with Crippen molar-refractivity contribution in [1.29, 1.82) is 0 Å². The topological polar surface area (TPSA) is 23.5 Å². The maximum Gasteiger partial charge on any atom is 0.0695 e. The Kier molecular flexibility index (Phi) is 8.70. The molecule has 0 spiro atoms. The molecule has 2 nitrogen and oxygen atoms in total. The van der Waals surface area contributed by atoms with Gasteiger partial charge in [-0.25, -0.2) is 0 Å². The highest BCUT2D eigenvalue weighted by Crippen LogP contribution is 2.20. The molecule has 0 heterocycles. The summed E-state index contributed by atoms with van der Waals surface area (Å²) >= 11 is 0. The minimum Gasteiger partial charge on any atom is -0.391 e. The van der Waals surface area contributed by atoms with Gasteiger partial charge in [0, 0.05) is 6.04 Å². The molecule has 0 radical (unpaired) electrons. The fraction of sp³-hybridized carbons (Fsp3) is 1.00. The summed E-state index contributed by atoms with van der Waals surface area (Å²) in [5, 5.41) is 10.4. The molecule has 108 valence electrons. The number of hydrogen-bond acceptors (Lipinski definition) is 2. The van der Waals surface area contributed by atoms with E-state index in [0.717, 1.165) is 13.0 Å². The first-order valence-corrected chi connectivity index (χ1v) is 8.14. The number of likely N-dealkylation sites (N-methyl/N-ethyl adjacent to an activating group) is 1. The first-order valence-electron chi connectivity index (χ1n) is 8.14. The van der Waals surface area contributed by atoms with E-state index in [4.69, 9.17) is 0 Å². The molecule has 1 rings (SSSR count). The second-order valence-corrected chi connectivity index (χ2v) is 6.02. The average molecular weight is 255 g/mol. The van der Waals surface area contributed by atoms with Crippen molar-refractivity contribution in [3.8, 4) is 0 Å². The van der Waals surface area contributed by atoms with E-state index in [0.29, 0.717) is 6.04 Å². The van der Waals surface area contributed by atoms with Gasteiger partial charge in [-0.1, -0.05) is 58.3 Å². The van der Waals surface area contributed by atoms with E-state index in [1.807, 2.05) is 0 Å². The highest BCUT2D eigenvalue weighted by molar-refractivity contribution is 4.77. The van der Waals surface area contributed by atoms with Gasteiger partial charge in [0.05, 0.1) is 6.10 Å². The number of rotatable bonds is 3. The Morgan fingerprint density at radius 3 is 1.94 bits per heavy atom. The molecule has 1 fully saturated rings. The highest BCUT2D eigenvalue weighted by Gasteiger charge is 2.22. The van der Waals surface area contributed by atoms with Crippen molar-refractivity contribution < 1.29 is 5.11 Å². The summed E-state index contributed by atoms with van der Waals surface area (Å²) in [6, 6.07) is 0.393. The number of nitrogens with zero attached hydrogens (tertiary/aromatic N) is 1. The Labute approximate surface area is 114 Å². The fourth-order valence-electron chi connectivity index (χ4n) is 3.19. The minimum atomic E-state index is -0.110. The Morgan fingerprint density at radius 2 is 1.39 bits per heavy atom. The Bertz CT molecular complexity index is 196. The summed E-state index contributed by atoms with van der Waals surface area (Å²) in [6.07, 6.45) is 14.0. The molecule has 2 unspecified atom stereocenters. The molecule has 0 aliphatic heterocycles. The van der Waals surface area contributed by atoms with Crippen LogP contribution in [0.3, 0.4) is 0 Å². The zero-order valence-electron chi connectivity index (χ0n) is 12.5. The minimum absolute atomic E-state index is 0.110. The first kappa shape index (κ1) is 16.0. The van der Waals surface area contributed by atoms with E-state index < -0.39 is 0 Å². The van der Waals surface area contributed by atoms with Crippen molar-refractivity contribution in [1.82, 2.24) is 4.90 Å². The molecule has 0 saturated heterocycles. The summed E-state index contributed by atoms with van der Waals surface area (Å²) in [6.45, 7) is 3.33. The SMILES string of the molecule is CCCN(C)C1CCCCCCCCCCC1O. The lowest BCUT2D eigenvalue weighted by atomic mass is 9.95. The van der Waals surface area contributed by atoms with Gasteiger partial charge in [-0.3, -0.25) is 0 Å². The van der Waals surface area contributed by atoms with Crippen molar-refractivity contribution >= 4 is 0 Å². The standard InChI is InChI=1S/C16H33NO/c1-3-14-17(2)15-12-10-8-6-4-5-7-9-11-13-16(15)18/h15-16,18H,3-14H2,1-2H3. The van der Waals surface area contributed by atoms with E-state index >= 15 is 0 Å². The van der Waals surface area contributed by atoms with Gasteiger partial charge in [0.25, 0.3) is 0 Å². The molecule has 0 aromatic rings. The smallest absolute Gasteiger partial charge is 0.0695 e.